The molecule has 3 N–H and O–H groups in total. The van der Waals surface area contributed by atoms with Crippen molar-refractivity contribution in [3.05, 3.63) is 35.9 Å². The molecule has 8 heteroatoms. The Hall–Kier alpha value is -1.64. The SMILES string of the molecule is COC(=O)[C@H](C)NCC(O)C(NCc1ccccc1)C(F)(F)F. The van der Waals surface area contributed by atoms with Gasteiger partial charge >= 0.3 is 12.1 Å². The van der Waals surface area contributed by atoms with E-state index in [1.807, 2.05) is 0 Å². The monoisotopic (exact) mass is 334 g/mol. The first-order chi connectivity index (χ1) is 10.8. The third-order valence-electron chi connectivity index (χ3n) is 3.29. The van der Waals surface area contributed by atoms with Crippen LogP contribution in [-0.2, 0) is 16.1 Å². The van der Waals surface area contributed by atoms with Gasteiger partial charge in [-0.25, -0.2) is 0 Å². The van der Waals surface area contributed by atoms with Crippen LogP contribution in [0.1, 0.15) is 12.5 Å². The molecule has 0 aliphatic heterocycles. The molecule has 23 heavy (non-hydrogen) atoms. The molecule has 0 aromatic heterocycles. The zero-order chi connectivity index (χ0) is 17.5. The lowest BCUT2D eigenvalue weighted by atomic mass is 10.1. The first-order valence-electron chi connectivity index (χ1n) is 7.09. The van der Waals surface area contributed by atoms with Crippen LogP contribution in [-0.4, -0.2) is 49.1 Å². The topological polar surface area (TPSA) is 70.6 Å². The minimum Gasteiger partial charge on any atom is -0.468 e. The molecular weight excluding hydrogens is 313 g/mol. The van der Waals surface area contributed by atoms with E-state index in [-0.39, 0.29) is 6.54 Å². The van der Waals surface area contributed by atoms with Crippen LogP contribution < -0.4 is 10.6 Å². The van der Waals surface area contributed by atoms with Crippen molar-refractivity contribution in [1.82, 2.24) is 10.6 Å². The first-order valence-corrected chi connectivity index (χ1v) is 7.09. The van der Waals surface area contributed by atoms with Crippen LogP contribution in [0.15, 0.2) is 30.3 Å². The number of hydrogen-bond donors (Lipinski definition) is 3. The summed E-state index contributed by atoms with van der Waals surface area (Å²) in [7, 11) is 1.18. The number of rotatable bonds is 8. The molecule has 1 rings (SSSR count). The number of halogens is 3. The molecule has 130 valence electrons. The number of aliphatic hydroxyl groups is 1. The van der Waals surface area contributed by atoms with Gasteiger partial charge in [0.05, 0.1) is 13.2 Å². The van der Waals surface area contributed by atoms with Crippen molar-refractivity contribution in [3.63, 3.8) is 0 Å². The van der Waals surface area contributed by atoms with Gasteiger partial charge in [-0.05, 0) is 12.5 Å². The lowest BCUT2D eigenvalue weighted by Crippen LogP contribution is -2.54. The molecule has 3 atom stereocenters. The zero-order valence-electron chi connectivity index (χ0n) is 12.9. The molecule has 0 fully saturated rings. The summed E-state index contributed by atoms with van der Waals surface area (Å²) >= 11 is 0. The lowest BCUT2D eigenvalue weighted by Gasteiger charge is -2.27. The average Bonchev–Trinajstić information content (AvgIpc) is 2.51. The number of benzene rings is 1. The summed E-state index contributed by atoms with van der Waals surface area (Å²) in [6.07, 6.45) is -6.37. The largest absolute Gasteiger partial charge is 0.468 e. The normalized spacial score (nSPS) is 15.7. The Morgan fingerprint density at radius 1 is 1.26 bits per heavy atom. The molecule has 1 aromatic carbocycles. The fourth-order valence-electron chi connectivity index (χ4n) is 1.97. The predicted octanol–water partition coefficient (Wildman–Crippen LogP) is 1.22. The van der Waals surface area contributed by atoms with Crippen molar-refractivity contribution in [2.45, 2.75) is 37.8 Å². The second kappa shape index (κ2) is 8.85. The average molecular weight is 334 g/mol. The van der Waals surface area contributed by atoms with Crippen LogP contribution in [0.4, 0.5) is 13.2 Å². The first kappa shape index (κ1) is 19.4. The molecule has 5 nitrogen and oxygen atoms in total. The molecule has 0 heterocycles. The highest BCUT2D eigenvalue weighted by Gasteiger charge is 2.44. The number of methoxy groups -OCH3 is 1. The zero-order valence-corrected chi connectivity index (χ0v) is 12.9. The fourth-order valence-corrected chi connectivity index (χ4v) is 1.97. The molecule has 0 saturated heterocycles. The molecule has 0 saturated carbocycles. The molecule has 0 radical (unpaired) electrons. The number of carbonyl (C=O) groups excluding carboxylic acids is 1. The van der Waals surface area contributed by atoms with Crippen molar-refractivity contribution >= 4 is 5.97 Å². The fraction of sp³-hybridized carbons (Fsp3) is 0.533. The number of ether oxygens (including phenoxy) is 1. The Bertz CT molecular complexity index is 483. The molecule has 0 spiro atoms. The van der Waals surface area contributed by atoms with E-state index in [9.17, 15) is 23.1 Å². The second-order valence-electron chi connectivity index (χ2n) is 5.11. The van der Waals surface area contributed by atoms with Crippen molar-refractivity contribution in [2.75, 3.05) is 13.7 Å². The Kier molecular flexibility index (Phi) is 7.47. The lowest BCUT2D eigenvalue weighted by molar-refractivity contribution is -0.178. The summed E-state index contributed by atoms with van der Waals surface area (Å²) in [5, 5.41) is 14.7. The van der Waals surface area contributed by atoms with E-state index >= 15 is 0 Å². The van der Waals surface area contributed by atoms with E-state index in [1.165, 1.54) is 14.0 Å². The number of hydrogen-bond acceptors (Lipinski definition) is 5. The number of carbonyl (C=O) groups is 1. The maximum absolute atomic E-state index is 13.1. The Morgan fingerprint density at radius 2 is 1.87 bits per heavy atom. The minimum absolute atomic E-state index is 0.0331. The van der Waals surface area contributed by atoms with Gasteiger partial charge in [0, 0.05) is 13.1 Å². The summed E-state index contributed by atoms with van der Waals surface area (Å²) in [6, 6.07) is 5.65. The number of nitrogens with one attached hydrogen (secondary N) is 2. The van der Waals surface area contributed by atoms with Crippen LogP contribution in [0.5, 0.6) is 0 Å². The second-order valence-corrected chi connectivity index (χ2v) is 5.11. The molecule has 0 aliphatic rings. The van der Waals surface area contributed by atoms with E-state index < -0.39 is 36.9 Å². The predicted molar refractivity (Wildman–Crippen MR) is 78.6 cm³/mol. The summed E-state index contributed by atoms with van der Waals surface area (Å²) in [5.41, 5.74) is 0.671. The quantitative estimate of drug-likeness (QED) is 0.624. The number of alkyl halides is 3. The van der Waals surface area contributed by atoms with Gasteiger partial charge < -0.3 is 15.2 Å². The van der Waals surface area contributed by atoms with Crippen LogP contribution in [0.2, 0.25) is 0 Å². The van der Waals surface area contributed by atoms with Crippen LogP contribution >= 0.6 is 0 Å². The van der Waals surface area contributed by atoms with Gasteiger partial charge in [0.2, 0.25) is 0 Å². The van der Waals surface area contributed by atoms with Gasteiger partial charge in [0.25, 0.3) is 0 Å². The smallest absolute Gasteiger partial charge is 0.406 e. The summed E-state index contributed by atoms with van der Waals surface area (Å²) < 4.78 is 43.7. The van der Waals surface area contributed by atoms with Crippen LogP contribution in [0, 0.1) is 0 Å². The van der Waals surface area contributed by atoms with E-state index in [4.69, 9.17) is 0 Å². The van der Waals surface area contributed by atoms with Gasteiger partial charge in [-0.15, -0.1) is 0 Å². The summed E-state index contributed by atoms with van der Waals surface area (Å²) in [4.78, 5) is 11.2. The summed E-state index contributed by atoms with van der Waals surface area (Å²) in [6.45, 7) is 1.01. The highest BCUT2D eigenvalue weighted by atomic mass is 19.4. The maximum atomic E-state index is 13.1. The minimum atomic E-state index is -4.62. The molecule has 0 amide bonds. The third-order valence-corrected chi connectivity index (χ3v) is 3.29. The van der Waals surface area contributed by atoms with Crippen molar-refractivity contribution in [3.8, 4) is 0 Å². The summed E-state index contributed by atoms with van der Waals surface area (Å²) in [5.74, 6) is -0.613. The van der Waals surface area contributed by atoms with E-state index in [1.54, 1.807) is 30.3 Å². The van der Waals surface area contributed by atoms with Gasteiger partial charge in [-0.2, -0.15) is 13.2 Å². The Labute approximate surface area is 132 Å². The van der Waals surface area contributed by atoms with Crippen molar-refractivity contribution in [1.29, 1.82) is 0 Å². The molecular formula is C15H21F3N2O3. The van der Waals surface area contributed by atoms with E-state index in [0.717, 1.165) is 0 Å². The standard InChI is InChI=1S/C15H21F3N2O3/c1-10(14(22)23-2)19-9-12(21)13(15(16,17)18)20-8-11-6-4-3-5-7-11/h3-7,10,12-13,19-21H,8-9H2,1-2H3/t10-,12?,13?/m0/s1. The third kappa shape index (κ3) is 6.55. The highest BCUT2D eigenvalue weighted by Crippen LogP contribution is 2.23. The van der Waals surface area contributed by atoms with Gasteiger partial charge in [0.15, 0.2) is 0 Å². The highest BCUT2D eigenvalue weighted by molar-refractivity contribution is 5.75. The molecule has 1 aromatic rings. The Morgan fingerprint density at radius 3 is 2.39 bits per heavy atom. The van der Waals surface area contributed by atoms with Crippen molar-refractivity contribution < 1.29 is 27.8 Å². The number of esters is 1. The van der Waals surface area contributed by atoms with E-state index in [0.29, 0.717) is 5.56 Å². The van der Waals surface area contributed by atoms with Crippen LogP contribution in [0.25, 0.3) is 0 Å². The van der Waals surface area contributed by atoms with Crippen LogP contribution in [0.3, 0.4) is 0 Å². The Balaban J connectivity index is 2.61. The van der Waals surface area contributed by atoms with E-state index in [2.05, 4.69) is 15.4 Å². The van der Waals surface area contributed by atoms with Gasteiger partial charge in [0.1, 0.15) is 12.1 Å². The molecule has 0 aliphatic carbocycles. The van der Waals surface area contributed by atoms with Gasteiger partial charge in [-0.3, -0.25) is 10.1 Å². The van der Waals surface area contributed by atoms with Crippen molar-refractivity contribution in [2.24, 2.45) is 0 Å². The number of aliphatic hydroxyl groups excluding tert-OH is 1. The maximum Gasteiger partial charge on any atom is 0.406 e. The van der Waals surface area contributed by atoms with Gasteiger partial charge in [-0.1, -0.05) is 30.3 Å². The molecule has 2 unspecified atom stereocenters. The molecule has 0 bridgehead atoms.